The number of nitrogens with zero attached hydrogens (tertiary/aromatic N) is 3. The third-order valence-corrected chi connectivity index (χ3v) is 6.97. The van der Waals surface area contributed by atoms with Gasteiger partial charge in [-0.05, 0) is 59.5 Å². The maximum atomic E-state index is 13.9. The summed E-state index contributed by atoms with van der Waals surface area (Å²) in [7, 11) is 1.62. The highest BCUT2D eigenvalue weighted by Crippen LogP contribution is 2.30. The van der Waals surface area contributed by atoms with Gasteiger partial charge < -0.3 is 19.1 Å². The zero-order valence-corrected chi connectivity index (χ0v) is 24.6. The van der Waals surface area contributed by atoms with Crippen molar-refractivity contribution in [2.45, 2.75) is 39.7 Å². The van der Waals surface area contributed by atoms with Gasteiger partial charge >= 0.3 is 6.18 Å². The van der Waals surface area contributed by atoms with Gasteiger partial charge in [-0.25, -0.2) is 0 Å². The summed E-state index contributed by atoms with van der Waals surface area (Å²) in [6.45, 7) is 4.88. The maximum absolute atomic E-state index is 13.9. The van der Waals surface area contributed by atoms with E-state index in [1.165, 1.54) is 17.0 Å². The lowest BCUT2D eigenvalue weighted by Gasteiger charge is -2.29. The second-order valence-electron chi connectivity index (χ2n) is 10.9. The van der Waals surface area contributed by atoms with Crippen molar-refractivity contribution in [3.63, 3.8) is 0 Å². The van der Waals surface area contributed by atoms with Gasteiger partial charge in [-0.1, -0.05) is 62.4 Å². The van der Waals surface area contributed by atoms with Crippen molar-refractivity contribution in [2.75, 3.05) is 20.2 Å². The number of halogens is 3. The molecule has 0 fully saturated rings. The number of alkyl halides is 3. The van der Waals surface area contributed by atoms with Crippen molar-refractivity contribution in [3.8, 4) is 5.75 Å². The number of ether oxygens (including phenoxy) is 1. The molecule has 43 heavy (non-hydrogen) atoms. The minimum atomic E-state index is -4.58. The summed E-state index contributed by atoms with van der Waals surface area (Å²) in [5.41, 5.74) is 1.84. The molecule has 0 saturated heterocycles. The molecule has 0 unspecified atom stereocenters. The van der Waals surface area contributed by atoms with E-state index in [0.717, 1.165) is 34.7 Å². The van der Waals surface area contributed by atoms with Gasteiger partial charge in [0.2, 0.25) is 5.91 Å². The summed E-state index contributed by atoms with van der Waals surface area (Å²) in [5.74, 6) is -0.179. The summed E-state index contributed by atoms with van der Waals surface area (Å²) < 4.78 is 47.5. The Hall–Kier alpha value is -4.53. The molecule has 0 saturated carbocycles. The molecule has 3 aromatic carbocycles. The predicted molar refractivity (Wildman–Crippen MR) is 159 cm³/mol. The first kappa shape index (κ1) is 31.4. The maximum Gasteiger partial charge on any atom is 0.416 e. The van der Waals surface area contributed by atoms with Crippen LogP contribution >= 0.6 is 0 Å². The monoisotopic (exact) mass is 591 g/mol. The lowest BCUT2D eigenvalue weighted by atomic mass is 10.1. The zero-order valence-electron chi connectivity index (χ0n) is 24.6. The van der Waals surface area contributed by atoms with Crippen LogP contribution in [-0.2, 0) is 30.6 Å². The van der Waals surface area contributed by atoms with Gasteiger partial charge in [0.05, 0.1) is 19.2 Å². The third-order valence-electron chi connectivity index (χ3n) is 6.97. The number of carbonyl (C=O) groups is 2. The Bertz CT molecular complexity index is 1520. The largest absolute Gasteiger partial charge is 0.497 e. The van der Waals surface area contributed by atoms with Crippen molar-refractivity contribution in [1.82, 2.24) is 14.4 Å². The fourth-order valence-corrected chi connectivity index (χ4v) is 4.88. The van der Waals surface area contributed by atoms with E-state index in [2.05, 4.69) is 4.57 Å². The average Bonchev–Trinajstić information content (AvgIpc) is 3.42. The van der Waals surface area contributed by atoms with Gasteiger partial charge in [-0.3, -0.25) is 9.59 Å². The van der Waals surface area contributed by atoms with Gasteiger partial charge in [0, 0.05) is 37.1 Å². The van der Waals surface area contributed by atoms with E-state index in [0.29, 0.717) is 13.1 Å². The Morgan fingerprint density at radius 3 is 2.26 bits per heavy atom. The second-order valence-corrected chi connectivity index (χ2v) is 10.9. The van der Waals surface area contributed by atoms with Crippen LogP contribution in [0.3, 0.4) is 0 Å². The molecule has 0 aliphatic rings. The van der Waals surface area contributed by atoms with Crippen molar-refractivity contribution < 1.29 is 27.5 Å². The van der Waals surface area contributed by atoms with E-state index < -0.39 is 17.6 Å². The quantitative estimate of drug-likeness (QED) is 0.180. The molecule has 6 nitrogen and oxygen atoms in total. The predicted octanol–water partition coefficient (Wildman–Crippen LogP) is 6.89. The molecule has 9 heteroatoms. The van der Waals surface area contributed by atoms with Crippen LogP contribution < -0.4 is 4.74 Å². The van der Waals surface area contributed by atoms with Crippen LogP contribution in [0.4, 0.5) is 13.2 Å². The molecular formula is C34H36F3N3O3. The smallest absolute Gasteiger partial charge is 0.416 e. The molecule has 1 heterocycles. The minimum Gasteiger partial charge on any atom is -0.497 e. The van der Waals surface area contributed by atoms with E-state index in [4.69, 9.17) is 4.74 Å². The second kappa shape index (κ2) is 14.1. The minimum absolute atomic E-state index is 0.00906. The first-order valence-electron chi connectivity index (χ1n) is 14.1. The fraction of sp³-hybridized carbons (Fsp3) is 0.294. The summed E-state index contributed by atoms with van der Waals surface area (Å²) in [4.78, 5) is 30.4. The molecule has 2 amide bonds. The number of benzene rings is 3. The SMILES string of the molecule is COc1cccc(Cn2cccc2CN(Cc2ccccc2)C(=O)CN(CC(C)C)C(=O)c2cccc(C(F)(F)F)c2)c1. The molecule has 1 aromatic heterocycles. The number of amides is 2. The third kappa shape index (κ3) is 8.73. The lowest BCUT2D eigenvalue weighted by Crippen LogP contribution is -2.44. The van der Waals surface area contributed by atoms with Crippen molar-refractivity contribution in [3.05, 3.63) is 125 Å². The molecule has 0 N–H and O–H groups in total. The van der Waals surface area contributed by atoms with Crippen LogP contribution in [0.5, 0.6) is 5.75 Å². The van der Waals surface area contributed by atoms with Crippen molar-refractivity contribution >= 4 is 11.8 Å². The molecule has 0 spiro atoms. The summed E-state index contributed by atoms with van der Waals surface area (Å²) in [6.07, 6.45) is -2.64. The van der Waals surface area contributed by atoms with Crippen LogP contribution in [0.1, 0.15) is 46.6 Å². The first-order chi connectivity index (χ1) is 20.5. The van der Waals surface area contributed by atoms with Crippen molar-refractivity contribution in [2.24, 2.45) is 5.92 Å². The zero-order chi connectivity index (χ0) is 31.0. The molecule has 0 radical (unpaired) electrons. The van der Waals surface area contributed by atoms with Crippen molar-refractivity contribution in [1.29, 1.82) is 0 Å². The first-order valence-corrected chi connectivity index (χ1v) is 14.1. The van der Waals surface area contributed by atoms with Crippen LogP contribution in [0.15, 0.2) is 97.2 Å². The van der Waals surface area contributed by atoms with Crippen LogP contribution in [0.2, 0.25) is 0 Å². The molecule has 0 aliphatic carbocycles. The average molecular weight is 592 g/mol. The summed E-state index contributed by atoms with van der Waals surface area (Å²) in [6, 6.07) is 25.5. The molecule has 226 valence electrons. The molecule has 4 rings (SSSR count). The topological polar surface area (TPSA) is 54.8 Å². The number of hydrogen-bond acceptors (Lipinski definition) is 3. The number of rotatable bonds is 12. The lowest BCUT2D eigenvalue weighted by molar-refractivity contribution is -0.137. The van der Waals surface area contributed by atoms with Crippen LogP contribution in [0.25, 0.3) is 0 Å². The Labute approximate surface area is 250 Å². The van der Waals surface area contributed by atoms with Gasteiger partial charge in [0.25, 0.3) is 5.91 Å². The normalized spacial score (nSPS) is 11.4. The van der Waals surface area contributed by atoms with E-state index in [-0.39, 0.29) is 37.0 Å². The molecule has 0 bridgehead atoms. The highest BCUT2D eigenvalue weighted by molar-refractivity contribution is 5.96. The Morgan fingerprint density at radius 1 is 0.837 bits per heavy atom. The standard InChI is InChI=1S/C34H36F3N3O3/c1-25(2)20-40(33(42)28-13-8-14-29(19-28)34(35,36)37)24-32(41)39(21-26-10-5-4-6-11-26)23-30-15-9-17-38(30)22-27-12-7-16-31(18-27)43-3/h4-19,25H,20-24H2,1-3H3. The van der Waals surface area contributed by atoms with Crippen LogP contribution in [0, 0.1) is 5.92 Å². The highest BCUT2D eigenvalue weighted by Gasteiger charge is 2.32. The molecule has 0 atom stereocenters. The Balaban J connectivity index is 1.59. The molecule has 4 aromatic rings. The van der Waals surface area contributed by atoms with E-state index >= 15 is 0 Å². The van der Waals surface area contributed by atoms with Gasteiger partial charge in [-0.2, -0.15) is 13.2 Å². The van der Waals surface area contributed by atoms with E-state index in [1.54, 1.807) is 12.0 Å². The number of aromatic nitrogens is 1. The molecule has 0 aliphatic heterocycles. The number of hydrogen-bond donors (Lipinski definition) is 0. The Morgan fingerprint density at radius 2 is 1.56 bits per heavy atom. The van der Waals surface area contributed by atoms with Gasteiger partial charge in [0.15, 0.2) is 0 Å². The fourth-order valence-electron chi connectivity index (χ4n) is 4.88. The number of methoxy groups -OCH3 is 1. The van der Waals surface area contributed by atoms with Gasteiger partial charge in [0.1, 0.15) is 12.3 Å². The van der Waals surface area contributed by atoms with E-state index in [1.807, 2.05) is 86.8 Å². The summed E-state index contributed by atoms with van der Waals surface area (Å²) >= 11 is 0. The van der Waals surface area contributed by atoms with E-state index in [9.17, 15) is 22.8 Å². The summed E-state index contributed by atoms with van der Waals surface area (Å²) in [5, 5.41) is 0. The number of carbonyl (C=O) groups excluding carboxylic acids is 2. The highest BCUT2D eigenvalue weighted by atomic mass is 19.4. The molecular weight excluding hydrogens is 555 g/mol. The Kier molecular flexibility index (Phi) is 10.3. The van der Waals surface area contributed by atoms with Gasteiger partial charge in [-0.15, -0.1) is 0 Å². The van der Waals surface area contributed by atoms with Crippen LogP contribution in [-0.4, -0.2) is 46.4 Å².